The van der Waals surface area contributed by atoms with Gasteiger partial charge in [0, 0.05) is 38.0 Å². The van der Waals surface area contributed by atoms with Crippen molar-refractivity contribution < 1.29 is 24.5 Å². The van der Waals surface area contributed by atoms with Crippen molar-refractivity contribution in [3.05, 3.63) is 35.9 Å². The molecule has 2 N–H and O–H groups in total. The Hall–Kier alpha value is -1.92. The first-order valence-electron chi connectivity index (χ1n) is 8.73. The number of carbonyl (C=O) groups excluding carboxylic acids is 2. The number of hydrogen-bond donors (Lipinski definition) is 2. The van der Waals surface area contributed by atoms with Gasteiger partial charge in [0.2, 0.25) is 5.91 Å². The van der Waals surface area contributed by atoms with Gasteiger partial charge >= 0.3 is 5.97 Å². The van der Waals surface area contributed by atoms with Gasteiger partial charge in [0.15, 0.2) is 0 Å². The number of rotatable bonds is 6. The molecule has 3 rings (SSSR count). The Morgan fingerprint density at radius 1 is 1.28 bits per heavy atom. The number of ether oxygens (including phenoxy) is 1. The van der Waals surface area contributed by atoms with Crippen LogP contribution < -0.4 is 0 Å². The maximum Gasteiger partial charge on any atom is 0.305 e. The van der Waals surface area contributed by atoms with Gasteiger partial charge in [-0.1, -0.05) is 30.3 Å². The SMILES string of the molecule is COC(=O)CCCC(=O)N1C[C@H](O)[C@@]2(C1)[C@H](CO)[C@H]2c1ccccc1. The van der Waals surface area contributed by atoms with Gasteiger partial charge in [-0.25, -0.2) is 0 Å². The third-order valence-electron chi connectivity index (χ3n) is 5.75. The van der Waals surface area contributed by atoms with Crippen molar-refractivity contribution in [2.75, 3.05) is 26.8 Å². The highest BCUT2D eigenvalue weighted by atomic mass is 16.5. The summed E-state index contributed by atoms with van der Waals surface area (Å²) in [6.45, 7) is 0.744. The summed E-state index contributed by atoms with van der Waals surface area (Å²) in [7, 11) is 1.33. The van der Waals surface area contributed by atoms with E-state index in [9.17, 15) is 19.8 Å². The lowest BCUT2D eigenvalue weighted by Gasteiger charge is -2.16. The van der Waals surface area contributed by atoms with Crippen molar-refractivity contribution in [3.63, 3.8) is 0 Å². The van der Waals surface area contributed by atoms with Gasteiger partial charge < -0.3 is 19.8 Å². The predicted molar refractivity (Wildman–Crippen MR) is 90.6 cm³/mol. The van der Waals surface area contributed by atoms with Crippen LogP contribution in [0.5, 0.6) is 0 Å². The van der Waals surface area contributed by atoms with E-state index in [1.807, 2.05) is 30.3 Å². The molecule has 1 heterocycles. The van der Waals surface area contributed by atoms with Crippen LogP contribution in [-0.4, -0.2) is 59.9 Å². The molecule has 1 saturated carbocycles. The normalized spacial score (nSPS) is 30.5. The molecule has 4 atom stereocenters. The summed E-state index contributed by atoms with van der Waals surface area (Å²) in [6, 6.07) is 9.86. The van der Waals surface area contributed by atoms with Crippen LogP contribution in [0, 0.1) is 11.3 Å². The van der Waals surface area contributed by atoms with Crippen LogP contribution in [0.4, 0.5) is 0 Å². The highest BCUT2D eigenvalue weighted by Gasteiger charge is 2.71. The molecule has 0 unspecified atom stereocenters. The highest BCUT2D eigenvalue weighted by molar-refractivity contribution is 5.78. The van der Waals surface area contributed by atoms with E-state index in [2.05, 4.69) is 4.74 Å². The summed E-state index contributed by atoms with van der Waals surface area (Å²) < 4.78 is 4.58. The van der Waals surface area contributed by atoms with E-state index in [0.717, 1.165) is 5.56 Å². The molecule has 1 aromatic carbocycles. The van der Waals surface area contributed by atoms with Gasteiger partial charge in [-0.3, -0.25) is 9.59 Å². The first kappa shape index (κ1) is 17.9. The number of hydrogen-bond acceptors (Lipinski definition) is 5. The summed E-state index contributed by atoms with van der Waals surface area (Å²) >= 11 is 0. The van der Waals surface area contributed by atoms with Crippen LogP contribution in [0.1, 0.15) is 30.7 Å². The second-order valence-electron chi connectivity index (χ2n) is 7.01. The molecule has 1 saturated heterocycles. The van der Waals surface area contributed by atoms with Crippen LogP contribution in [0.15, 0.2) is 30.3 Å². The minimum Gasteiger partial charge on any atom is -0.469 e. The van der Waals surface area contributed by atoms with Gasteiger partial charge in [-0.15, -0.1) is 0 Å². The molecule has 25 heavy (non-hydrogen) atoms. The van der Waals surface area contributed by atoms with E-state index in [-0.39, 0.29) is 49.7 Å². The van der Waals surface area contributed by atoms with E-state index in [4.69, 9.17) is 0 Å². The third kappa shape index (κ3) is 3.16. The number of benzene rings is 1. The average molecular weight is 347 g/mol. The number of carbonyl (C=O) groups is 2. The lowest BCUT2D eigenvalue weighted by Crippen LogP contribution is -2.29. The zero-order valence-electron chi connectivity index (χ0n) is 14.4. The van der Waals surface area contributed by atoms with Gasteiger partial charge in [0.05, 0.1) is 13.2 Å². The zero-order valence-corrected chi connectivity index (χ0v) is 14.4. The summed E-state index contributed by atoms with van der Waals surface area (Å²) in [5.74, 6) is -0.341. The number of β-amino-alcohol motifs (C(OH)–C–C–N with tert-alkyl or cyclic N) is 1. The summed E-state index contributed by atoms with van der Waals surface area (Å²) in [5.41, 5.74) is 0.647. The fraction of sp³-hybridized carbons (Fsp3) is 0.579. The van der Waals surface area contributed by atoms with E-state index in [0.29, 0.717) is 13.0 Å². The molecule has 1 spiro atoms. The molecule has 1 aromatic rings. The molecular weight excluding hydrogens is 322 g/mol. The summed E-state index contributed by atoms with van der Waals surface area (Å²) in [6.07, 6.45) is 0.281. The molecule has 1 aliphatic carbocycles. The first-order valence-corrected chi connectivity index (χ1v) is 8.73. The van der Waals surface area contributed by atoms with Crippen LogP contribution in [0.3, 0.4) is 0 Å². The molecule has 2 fully saturated rings. The third-order valence-corrected chi connectivity index (χ3v) is 5.75. The minimum absolute atomic E-state index is 0.000984. The van der Waals surface area contributed by atoms with Gasteiger partial charge in [-0.05, 0) is 23.8 Å². The topological polar surface area (TPSA) is 87.1 Å². The molecule has 2 aliphatic rings. The fourth-order valence-corrected chi connectivity index (χ4v) is 4.40. The smallest absolute Gasteiger partial charge is 0.305 e. The number of aliphatic hydroxyl groups is 2. The van der Waals surface area contributed by atoms with E-state index >= 15 is 0 Å². The molecule has 6 nitrogen and oxygen atoms in total. The van der Waals surface area contributed by atoms with Crippen molar-refractivity contribution >= 4 is 11.9 Å². The van der Waals surface area contributed by atoms with Crippen LogP contribution in [0.25, 0.3) is 0 Å². The maximum absolute atomic E-state index is 12.4. The van der Waals surface area contributed by atoms with Crippen molar-refractivity contribution in [3.8, 4) is 0 Å². The van der Waals surface area contributed by atoms with Gasteiger partial charge in [0.25, 0.3) is 0 Å². The molecule has 136 valence electrons. The first-order chi connectivity index (χ1) is 12.0. The van der Waals surface area contributed by atoms with Crippen molar-refractivity contribution in [2.45, 2.75) is 31.3 Å². The number of esters is 1. The second kappa shape index (κ2) is 7.14. The van der Waals surface area contributed by atoms with E-state index in [1.54, 1.807) is 4.90 Å². The zero-order chi connectivity index (χ0) is 18.0. The number of amides is 1. The highest BCUT2D eigenvalue weighted by Crippen LogP contribution is 2.68. The molecule has 1 aliphatic heterocycles. The number of methoxy groups -OCH3 is 1. The number of aliphatic hydroxyl groups excluding tert-OH is 2. The summed E-state index contributed by atoms with van der Waals surface area (Å²) in [5, 5.41) is 20.4. The Balaban J connectivity index is 1.65. The second-order valence-corrected chi connectivity index (χ2v) is 7.01. The Morgan fingerprint density at radius 3 is 2.64 bits per heavy atom. The van der Waals surface area contributed by atoms with E-state index < -0.39 is 11.5 Å². The standard InChI is InChI=1S/C19H25NO5/c1-25-17(24)9-5-8-16(23)20-10-15(22)19(12-20)14(11-21)18(19)13-6-3-2-4-7-13/h2-4,6-7,14-15,18,21-22H,5,8-12H2,1H3/t14-,15+,18-,19-/m1/s1. The Labute approximate surface area is 147 Å². The maximum atomic E-state index is 12.4. The molecule has 1 amide bonds. The molecular formula is C19H25NO5. The lowest BCUT2D eigenvalue weighted by molar-refractivity contribution is -0.140. The van der Waals surface area contributed by atoms with Crippen LogP contribution >= 0.6 is 0 Å². The predicted octanol–water partition coefficient (Wildman–Crippen LogP) is 0.925. The summed E-state index contributed by atoms with van der Waals surface area (Å²) in [4.78, 5) is 25.2. The largest absolute Gasteiger partial charge is 0.469 e. The minimum atomic E-state index is -0.639. The number of likely N-dealkylation sites (tertiary alicyclic amines) is 1. The van der Waals surface area contributed by atoms with Gasteiger partial charge in [0.1, 0.15) is 0 Å². The molecule has 6 heteroatoms. The van der Waals surface area contributed by atoms with Gasteiger partial charge in [-0.2, -0.15) is 0 Å². The van der Waals surface area contributed by atoms with Crippen molar-refractivity contribution in [2.24, 2.45) is 11.3 Å². The average Bonchev–Trinajstić information content (AvgIpc) is 3.16. The molecule has 0 radical (unpaired) electrons. The molecule has 0 bridgehead atoms. The monoisotopic (exact) mass is 347 g/mol. The number of nitrogens with zero attached hydrogens (tertiary/aromatic N) is 1. The van der Waals surface area contributed by atoms with Crippen molar-refractivity contribution in [1.29, 1.82) is 0 Å². The lowest BCUT2D eigenvalue weighted by atomic mass is 9.95. The molecule has 0 aromatic heterocycles. The van der Waals surface area contributed by atoms with Crippen LogP contribution in [0.2, 0.25) is 0 Å². The van der Waals surface area contributed by atoms with Crippen molar-refractivity contribution in [1.82, 2.24) is 4.90 Å². The Kier molecular flexibility index (Phi) is 5.11. The van der Waals surface area contributed by atoms with E-state index in [1.165, 1.54) is 7.11 Å². The van der Waals surface area contributed by atoms with Crippen LogP contribution in [-0.2, 0) is 14.3 Å². The fourth-order valence-electron chi connectivity index (χ4n) is 4.40. The Bertz CT molecular complexity index is 634. The quantitative estimate of drug-likeness (QED) is 0.748. The Morgan fingerprint density at radius 2 is 2.00 bits per heavy atom.